The molecule has 78 valence electrons. The molecule has 0 aliphatic heterocycles. The molecule has 2 rings (SSSR count). The molecule has 0 spiro atoms. The Labute approximate surface area is 81.1 Å². The van der Waals surface area contributed by atoms with E-state index in [0.29, 0.717) is 5.82 Å². The number of aromatic nitrogens is 7. The first kappa shape index (κ1) is 9.05. The highest BCUT2D eigenvalue weighted by atomic mass is 16.2. The van der Waals surface area contributed by atoms with Crippen molar-refractivity contribution in [1.29, 1.82) is 0 Å². The maximum atomic E-state index is 11.1. The third kappa shape index (κ3) is 2.04. The SMILES string of the molecule is O=c1[nH]nc(NCc2nn[nH]n2)c(=O)[nH]1. The average Bonchev–Trinajstić information content (AvgIpc) is 2.69. The molecular formula is C5H6N8O2. The van der Waals surface area contributed by atoms with Crippen LogP contribution in [0.5, 0.6) is 0 Å². The summed E-state index contributed by atoms with van der Waals surface area (Å²) in [7, 11) is 0. The molecule has 10 heteroatoms. The molecular weight excluding hydrogens is 204 g/mol. The van der Waals surface area contributed by atoms with Gasteiger partial charge >= 0.3 is 5.69 Å². The summed E-state index contributed by atoms with van der Waals surface area (Å²) >= 11 is 0. The maximum Gasteiger partial charge on any atom is 0.342 e. The quantitative estimate of drug-likeness (QED) is 0.441. The van der Waals surface area contributed by atoms with Crippen LogP contribution >= 0.6 is 0 Å². The second-order valence-electron chi connectivity index (χ2n) is 2.54. The Morgan fingerprint density at radius 3 is 2.80 bits per heavy atom. The number of nitrogens with zero attached hydrogens (tertiary/aromatic N) is 4. The minimum atomic E-state index is -0.662. The van der Waals surface area contributed by atoms with Crippen LogP contribution in [0.15, 0.2) is 9.59 Å². The zero-order valence-electron chi connectivity index (χ0n) is 7.31. The zero-order valence-corrected chi connectivity index (χ0v) is 7.31. The van der Waals surface area contributed by atoms with Crippen molar-refractivity contribution < 1.29 is 0 Å². The topological polar surface area (TPSA) is 145 Å². The van der Waals surface area contributed by atoms with E-state index < -0.39 is 11.2 Å². The van der Waals surface area contributed by atoms with Crippen molar-refractivity contribution in [3.8, 4) is 0 Å². The van der Waals surface area contributed by atoms with Crippen molar-refractivity contribution in [2.75, 3.05) is 5.32 Å². The van der Waals surface area contributed by atoms with Gasteiger partial charge in [-0.1, -0.05) is 5.21 Å². The van der Waals surface area contributed by atoms with Crippen LogP contribution in [-0.2, 0) is 6.54 Å². The van der Waals surface area contributed by atoms with Gasteiger partial charge in [-0.25, -0.2) is 9.89 Å². The van der Waals surface area contributed by atoms with Gasteiger partial charge in [-0.15, -0.1) is 15.3 Å². The number of tetrazole rings is 1. The molecule has 2 aromatic heterocycles. The summed E-state index contributed by atoms with van der Waals surface area (Å²) in [6, 6.07) is 0. The Bertz CT molecular complexity index is 539. The largest absolute Gasteiger partial charge is 0.357 e. The van der Waals surface area contributed by atoms with Crippen molar-refractivity contribution >= 4 is 5.82 Å². The minimum absolute atomic E-state index is 0.0144. The van der Waals surface area contributed by atoms with Crippen LogP contribution < -0.4 is 16.6 Å². The molecule has 0 bridgehead atoms. The van der Waals surface area contributed by atoms with E-state index in [1.165, 1.54) is 0 Å². The molecule has 0 aliphatic rings. The van der Waals surface area contributed by atoms with Gasteiger partial charge in [-0.3, -0.25) is 9.78 Å². The highest BCUT2D eigenvalue weighted by Gasteiger charge is 2.03. The van der Waals surface area contributed by atoms with Gasteiger partial charge in [0.25, 0.3) is 5.56 Å². The molecule has 0 fully saturated rings. The van der Waals surface area contributed by atoms with E-state index in [4.69, 9.17) is 0 Å². The Kier molecular flexibility index (Phi) is 2.23. The summed E-state index contributed by atoms with van der Waals surface area (Å²) in [5.74, 6) is 0.363. The third-order valence-electron chi connectivity index (χ3n) is 1.51. The molecule has 2 aromatic rings. The summed E-state index contributed by atoms with van der Waals surface area (Å²) in [6.45, 7) is 0.179. The summed E-state index contributed by atoms with van der Waals surface area (Å²) < 4.78 is 0. The molecule has 0 aromatic carbocycles. The fraction of sp³-hybridized carbons (Fsp3) is 0.200. The van der Waals surface area contributed by atoms with Gasteiger partial charge in [0.15, 0.2) is 5.82 Å². The number of hydrogen-bond acceptors (Lipinski definition) is 7. The number of anilines is 1. The molecule has 0 unspecified atom stereocenters. The van der Waals surface area contributed by atoms with Crippen molar-refractivity contribution in [3.05, 3.63) is 26.7 Å². The van der Waals surface area contributed by atoms with E-state index in [1.807, 2.05) is 4.98 Å². The zero-order chi connectivity index (χ0) is 10.7. The van der Waals surface area contributed by atoms with E-state index >= 15 is 0 Å². The summed E-state index contributed by atoms with van der Waals surface area (Å²) in [5, 5.41) is 21.1. The molecule has 4 N–H and O–H groups in total. The van der Waals surface area contributed by atoms with Gasteiger partial charge in [0, 0.05) is 0 Å². The van der Waals surface area contributed by atoms with Crippen LogP contribution in [0.4, 0.5) is 5.82 Å². The van der Waals surface area contributed by atoms with E-state index in [1.54, 1.807) is 0 Å². The van der Waals surface area contributed by atoms with E-state index in [0.717, 1.165) is 0 Å². The van der Waals surface area contributed by atoms with Crippen LogP contribution in [0.1, 0.15) is 5.82 Å². The molecule has 10 nitrogen and oxygen atoms in total. The van der Waals surface area contributed by atoms with Crippen molar-refractivity contribution in [1.82, 2.24) is 35.8 Å². The number of nitrogens with one attached hydrogen (secondary N) is 4. The summed E-state index contributed by atoms with van der Waals surface area (Å²) in [5.41, 5.74) is -1.27. The van der Waals surface area contributed by atoms with Gasteiger partial charge in [-0.05, 0) is 0 Å². The molecule has 0 radical (unpaired) electrons. The van der Waals surface area contributed by atoms with Gasteiger partial charge in [0.05, 0.1) is 6.54 Å². The predicted octanol–water partition coefficient (Wildman–Crippen LogP) is -2.42. The molecule has 0 atom stereocenters. The highest BCUT2D eigenvalue weighted by molar-refractivity contribution is 5.28. The van der Waals surface area contributed by atoms with Gasteiger partial charge in [-0.2, -0.15) is 5.21 Å². The molecule has 2 heterocycles. The fourth-order valence-corrected chi connectivity index (χ4v) is 0.888. The molecule has 15 heavy (non-hydrogen) atoms. The Morgan fingerprint density at radius 2 is 2.13 bits per heavy atom. The lowest BCUT2D eigenvalue weighted by Gasteiger charge is -1.98. The van der Waals surface area contributed by atoms with Gasteiger partial charge in [0.2, 0.25) is 5.82 Å². The molecule has 0 saturated heterocycles. The van der Waals surface area contributed by atoms with Gasteiger partial charge < -0.3 is 5.32 Å². The van der Waals surface area contributed by atoms with E-state index in [-0.39, 0.29) is 12.4 Å². The second kappa shape index (κ2) is 3.69. The highest BCUT2D eigenvalue weighted by Crippen LogP contribution is 1.90. The number of rotatable bonds is 3. The first-order chi connectivity index (χ1) is 7.25. The minimum Gasteiger partial charge on any atom is -0.357 e. The Morgan fingerprint density at radius 1 is 1.27 bits per heavy atom. The van der Waals surface area contributed by atoms with Crippen LogP contribution in [-0.4, -0.2) is 35.8 Å². The molecule has 0 aliphatic carbocycles. The van der Waals surface area contributed by atoms with Crippen LogP contribution in [0, 0.1) is 0 Å². The number of H-pyrrole nitrogens is 3. The Hall–Kier alpha value is -2.52. The van der Waals surface area contributed by atoms with Crippen molar-refractivity contribution in [2.24, 2.45) is 0 Å². The van der Waals surface area contributed by atoms with Gasteiger partial charge in [0.1, 0.15) is 0 Å². The van der Waals surface area contributed by atoms with Crippen LogP contribution in [0.25, 0.3) is 0 Å². The van der Waals surface area contributed by atoms with Crippen molar-refractivity contribution in [3.63, 3.8) is 0 Å². The average molecular weight is 210 g/mol. The lowest BCUT2D eigenvalue weighted by Crippen LogP contribution is -2.26. The first-order valence-corrected chi connectivity index (χ1v) is 3.91. The summed E-state index contributed by atoms with van der Waals surface area (Å²) in [4.78, 5) is 23.8. The predicted molar refractivity (Wildman–Crippen MR) is 47.0 cm³/mol. The molecule has 0 amide bonds. The monoisotopic (exact) mass is 210 g/mol. The fourth-order valence-electron chi connectivity index (χ4n) is 0.888. The lowest BCUT2D eigenvalue weighted by molar-refractivity contribution is 0.868. The lowest BCUT2D eigenvalue weighted by atomic mass is 10.5. The van der Waals surface area contributed by atoms with Crippen LogP contribution in [0.3, 0.4) is 0 Å². The Balaban J connectivity index is 2.12. The summed E-state index contributed by atoms with van der Waals surface area (Å²) in [6.07, 6.45) is 0. The maximum absolute atomic E-state index is 11.1. The van der Waals surface area contributed by atoms with E-state index in [2.05, 4.69) is 36.1 Å². The smallest absolute Gasteiger partial charge is 0.342 e. The van der Waals surface area contributed by atoms with E-state index in [9.17, 15) is 9.59 Å². The standard InChI is InChI=1S/C5H6N8O2/c14-4-3(10-11-5(15)7-4)6-1-2-8-12-13-9-2/h1H2,(H,6,10)(H2,7,11,14,15)(H,8,9,12,13). The number of aromatic amines is 3. The second-order valence-corrected chi connectivity index (χ2v) is 2.54. The normalized spacial score (nSPS) is 10.1. The number of hydrogen-bond donors (Lipinski definition) is 4. The molecule has 0 saturated carbocycles. The first-order valence-electron chi connectivity index (χ1n) is 3.91. The third-order valence-corrected chi connectivity index (χ3v) is 1.51. The van der Waals surface area contributed by atoms with Crippen LogP contribution in [0.2, 0.25) is 0 Å². The van der Waals surface area contributed by atoms with Crippen molar-refractivity contribution in [2.45, 2.75) is 6.54 Å².